The van der Waals surface area contributed by atoms with Crippen LogP contribution in [-0.4, -0.2) is 54.9 Å². The Morgan fingerprint density at radius 2 is 1.68 bits per heavy atom. The number of rotatable bonds is 9. The van der Waals surface area contributed by atoms with Gasteiger partial charge < -0.3 is 10.2 Å². The van der Waals surface area contributed by atoms with Crippen molar-refractivity contribution < 1.29 is 24.6 Å². The predicted molar refractivity (Wildman–Crippen MR) is 156 cm³/mol. The third-order valence-electron chi connectivity index (χ3n) is 7.52. The van der Waals surface area contributed by atoms with Crippen molar-refractivity contribution in [3.8, 4) is 16.8 Å². The van der Waals surface area contributed by atoms with Gasteiger partial charge in [-0.05, 0) is 42.7 Å². The molecule has 0 spiro atoms. The van der Waals surface area contributed by atoms with Crippen molar-refractivity contribution in [2.45, 2.75) is 46.5 Å². The Morgan fingerprint density at radius 1 is 0.976 bits per heavy atom. The molecule has 4 aromatic rings. The van der Waals surface area contributed by atoms with Crippen LogP contribution in [0.25, 0.3) is 27.8 Å². The minimum atomic E-state index is -1.12. The number of aliphatic carboxylic acids is 1. The van der Waals surface area contributed by atoms with Crippen molar-refractivity contribution in [2.75, 3.05) is 6.54 Å². The standard InChI is InChI=1S/C32H32N4O5/c1-4-5-14-27-33-31-20(3)21(30-19(2)17-28(37)35(34-30)18-29(38)39)15-16-26(31)36(27)25-13-9-8-11-23(25)22-10-6-7-12-24(22)32(40)41/h6-13,15-16,19H,4-5,14,17-18H2,1-3H3,(H,38,39)(H,40,41). The number of aromatic nitrogens is 2. The number of fused-ring (bicyclic) bond motifs is 1. The molecule has 0 aliphatic carbocycles. The van der Waals surface area contributed by atoms with Crippen molar-refractivity contribution in [2.24, 2.45) is 11.0 Å². The molecular formula is C32H32N4O5. The lowest BCUT2D eigenvalue weighted by Crippen LogP contribution is -2.39. The molecule has 41 heavy (non-hydrogen) atoms. The molecule has 3 aromatic carbocycles. The zero-order chi connectivity index (χ0) is 29.3. The van der Waals surface area contributed by atoms with Crippen LogP contribution in [-0.2, 0) is 16.0 Å². The highest BCUT2D eigenvalue weighted by Crippen LogP contribution is 2.35. The molecule has 2 N–H and O–H groups in total. The SMILES string of the molecule is CCCCc1nc2c(C)c(C3=NN(CC(=O)O)C(=O)CC3C)ccc2n1-c1ccccc1-c1ccccc1C(=O)O. The molecule has 0 bridgehead atoms. The number of hydrazone groups is 1. The van der Waals surface area contributed by atoms with E-state index in [2.05, 4.69) is 16.6 Å². The number of aryl methyl sites for hydroxylation is 2. The number of carbonyl (C=O) groups excluding carboxylic acids is 1. The molecule has 1 aliphatic rings. The number of imidazole rings is 1. The second-order valence-electron chi connectivity index (χ2n) is 10.4. The van der Waals surface area contributed by atoms with Crippen LogP contribution in [0.1, 0.15) is 60.4 Å². The topological polar surface area (TPSA) is 125 Å². The summed E-state index contributed by atoms with van der Waals surface area (Å²) in [4.78, 5) is 40.9. The number of carboxylic acid groups (broad SMARTS) is 2. The van der Waals surface area contributed by atoms with Crippen molar-refractivity contribution >= 4 is 34.6 Å². The normalized spacial score (nSPS) is 15.3. The zero-order valence-corrected chi connectivity index (χ0v) is 23.3. The molecule has 0 saturated carbocycles. The molecule has 1 aliphatic heterocycles. The van der Waals surface area contributed by atoms with Gasteiger partial charge in [0.05, 0.1) is 28.0 Å². The molecule has 2 heterocycles. The molecular weight excluding hydrogens is 520 g/mol. The molecule has 0 saturated heterocycles. The summed E-state index contributed by atoms with van der Waals surface area (Å²) in [5, 5.41) is 24.7. The van der Waals surface area contributed by atoms with Gasteiger partial charge in [-0.15, -0.1) is 0 Å². The summed E-state index contributed by atoms with van der Waals surface area (Å²) in [6.45, 7) is 5.53. The van der Waals surface area contributed by atoms with Crippen molar-refractivity contribution in [3.05, 3.63) is 83.2 Å². The fourth-order valence-electron chi connectivity index (χ4n) is 5.49. The molecule has 0 fully saturated rings. The molecule has 1 aromatic heterocycles. The minimum Gasteiger partial charge on any atom is -0.480 e. The van der Waals surface area contributed by atoms with Gasteiger partial charge in [0.15, 0.2) is 0 Å². The number of nitrogens with zero attached hydrogens (tertiary/aromatic N) is 4. The van der Waals surface area contributed by atoms with Crippen molar-refractivity contribution in [1.29, 1.82) is 0 Å². The number of unbranched alkanes of at least 4 members (excludes halogenated alkanes) is 1. The van der Waals surface area contributed by atoms with Crippen LogP contribution in [0.3, 0.4) is 0 Å². The summed E-state index contributed by atoms with van der Waals surface area (Å²) in [5.41, 5.74) is 6.50. The highest BCUT2D eigenvalue weighted by Gasteiger charge is 2.30. The van der Waals surface area contributed by atoms with E-state index < -0.39 is 18.5 Å². The molecule has 1 atom stereocenters. The van der Waals surface area contributed by atoms with Crippen LogP contribution in [0.4, 0.5) is 0 Å². The van der Waals surface area contributed by atoms with E-state index in [1.165, 1.54) is 0 Å². The Labute approximate surface area is 237 Å². The second kappa shape index (κ2) is 11.4. The maximum Gasteiger partial charge on any atom is 0.336 e. The Bertz CT molecular complexity index is 1700. The van der Waals surface area contributed by atoms with E-state index in [4.69, 9.17) is 4.98 Å². The van der Waals surface area contributed by atoms with E-state index in [0.29, 0.717) is 11.3 Å². The highest BCUT2D eigenvalue weighted by atomic mass is 16.4. The summed E-state index contributed by atoms with van der Waals surface area (Å²) in [6.07, 6.45) is 2.82. The van der Waals surface area contributed by atoms with E-state index in [1.807, 2.05) is 62.4 Å². The molecule has 9 heteroatoms. The zero-order valence-electron chi connectivity index (χ0n) is 23.3. The van der Waals surface area contributed by atoms with Crippen LogP contribution in [0, 0.1) is 12.8 Å². The summed E-state index contributed by atoms with van der Waals surface area (Å²) >= 11 is 0. The van der Waals surface area contributed by atoms with E-state index in [0.717, 1.165) is 63.5 Å². The van der Waals surface area contributed by atoms with Crippen molar-refractivity contribution in [1.82, 2.24) is 14.6 Å². The van der Waals surface area contributed by atoms with E-state index in [-0.39, 0.29) is 23.8 Å². The Balaban J connectivity index is 1.72. The maximum atomic E-state index is 12.4. The highest BCUT2D eigenvalue weighted by molar-refractivity contribution is 6.09. The van der Waals surface area contributed by atoms with Gasteiger partial charge in [0.2, 0.25) is 5.91 Å². The van der Waals surface area contributed by atoms with Gasteiger partial charge in [0.1, 0.15) is 12.4 Å². The molecule has 1 unspecified atom stereocenters. The number of carbonyl (C=O) groups is 3. The smallest absolute Gasteiger partial charge is 0.336 e. The van der Waals surface area contributed by atoms with Crippen molar-refractivity contribution in [3.63, 3.8) is 0 Å². The number of benzene rings is 3. The average molecular weight is 553 g/mol. The first-order valence-electron chi connectivity index (χ1n) is 13.7. The third kappa shape index (κ3) is 5.23. The quantitative estimate of drug-likeness (QED) is 0.274. The first-order chi connectivity index (χ1) is 19.7. The number of hydrogen-bond donors (Lipinski definition) is 2. The van der Waals surface area contributed by atoms with Gasteiger partial charge >= 0.3 is 11.9 Å². The molecule has 1 amide bonds. The van der Waals surface area contributed by atoms with Crippen LogP contribution in [0.2, 0.25) is 0 Å². The largest absolute Gasteiger partial charge is 0.480 e. The van der Waals surface area contributed by atoms with E-state index >= 15 is 0 Å². The number of carboxylic acids is 2. The Kier molecular flexibility index (Phi) is 7.70. The maximum absolute atomic E-state index is 12.4. The fraction of sp³-hybridized carbons (Fsp3) is 0.281. The average Bonchev–Trinajstić information content (AvgIpc) is 3.32. The lowest BCUT2D eigenvalue weighted by Gasteiger charge is -2.27. The first-order valence-corrected chi connectivity index (χ1v) is 13.7. The Hall–Kier alpha value is -4.79. The third-order valence-corrected chi connectivity index (χ3v) is 7.52. The number of amides is 1. The predicted octanol–water partition coefficient (Wildman–Crippen LogP) is 5.70. The van der Waals surface area contributed by atoms with Crippen LogP contribution in [0.5, 0.6) is 0 Å². The minimum absolute atomic E-state index is 0.177. The summed E-state index contributed by atoms with van der Waals surface area (Å²) in [5.74, 6) is -1.74. The number of hydrogen-bond acceptors (Lipinski definition) is 5. The monoisotopic (exact) mass is 552 g/mol. The Morgan fingerprint density at radius 3 is 2.39 bits per heavy atom. The van der Waals surface area contributed by atoms with Crippen LogP contribution >= 0.6 is 0 Å². The first kappa shape index (κ1) is 27.8. The number of para-hydroxylation sites is 1. The van der Waals surface area contributed by atoms with Gasteiger partial charge in [0.25, 0.3) is 0 Å². The van der Waals surface area contributed by atoms with Gasteiger partial charge in [0, 0.05) is 29.9 Å². The van der Waals surface area contributed by atoms with E-state index in [9.17, 15) is 24.6 Å². The summed E-state index contributed by atoms with van der Waals surface area (Å²) in [6, 6.07) is 18.7. The molecule has 210 valence electrons. The molecule has 9 nitrogen and oxygen atoms in total. The lowest BCUT2D eigenvalue weighted by molar-refractivity contribution is -0.145. The fourth-order valence-corrected chi connectivity index (χ4v) is 5.49. The van der Waals surface area contributed by atoms with Gasteiger partial charge in [-0.1, -0.05) is 62.7 Å². The van der Waals surface area contributed by atoms with Crippen LogP contribution < -0.4 is 0 Å². The second-order valence-corrected chi connectivity index (χ2v) is 10.4. The van der Waals surface area contributed by atoms with Gasteiger partial charge in [-0.3, -0.25) is 14.2 Å². The van der Waals surface area contributed by atoms with Gasteiger partial charge in [-0.2, -0.15) is 5.10 Å². The molecule has 0 radical (unpaired) electrons. The van der Waals surface area contributed by atoms with E-state index in [1.54, 1.807) is 12.1 Å². The van der Waals surface area contributed by atoms with Gasteiger partial charge in [-0.25, -0.2) is 14.8 Å². The summed E-state index contributed by atoms with van der Waals surface area (Å²) in [7, 11) is 0. The lowest BCUT2D eigenvalue weighted by atomic mass is 9.90. The van der Waals surface area contributed by atoms with Crippen LogP contribution in [0.15, 0.2) is 65.8 Å². The summed E-state index contributed by atoms with van der Waals surface area (Å²) < 4.78 is 2.11. The molecule has 5 rings (SSSR count). The number of aromatic carboxylic acids is 1.